The molecule has 4 rings (SSSR count). The number of carbonyl (C=O) groups is 1. The first kappa shape index (κ1) is 18.7. The number of hydrogen-bond donors (Lipinski definition) is 0. The summed E-state index contributed by atoms with van der Waals surface area (Å²) in [7, 11) is 0. The maximum atomic E-state index is 13.2. The number of aromatic nitrogens is 3. The van der Waals surface area contributed by atoms with Gasteiger partial charge < -0.3 is 9.47 Å². The Morgan fingerprint density at radius 1 is 1.30 bits per heavy atom. The number of rotatable bonds is 5. The molecule has 5 nitrogen and oxygen atoms in total. The van der Waals surface area contributed by atoms with E-state index in [1.165, 1.54) is 25.1 Å². The van der Waals surface area contributed by atoms with Gasteiger partial charge in [0, 0.05) is 43.9 Å². The molecular weight excluding hydrogens is 356 g/mol. The number of thiazole rings is 1. The van der Waals surface area contributed by atoms with Crippen molar-refractivity contribution in [2.75, 3.05) is 13.1 Å². The van der Waals surface area contributed by atoms with Crippen molar-refractivity contribution in [1.29, 1.82) is 0 Å². The van der Waals surface area contributed by atoms with Gasteiger partial charge in [-0.25, -0.2) is 9.97 Å². The summed E-state index contributed by atoms with van der Waals surface area (Å²) in [5.41, 5.74) is 0.877. The first-order valence-electron chi connectivity index (χ1n) is 10.3. The smallest absolute Gasteiger partial charge is 0.265 e. The molecule has 27 heavy (non-hydrogen) atoms. The van der Waals surface area contributed by atoms with Crippen LogP contribution in [-0.4, -0.2) is 38.4 Å². The van der Waals surface area contributed by atoms with Crippen LogP contribution in [0.1, 0.15) is 84.0 Å². The van der Waals surface area contributed by atoms with Gasteiger partial charge in [0.1, 0.15) is 10.7 Å². The fourth-order valence-electron chi connectivity index (χ4n) is 4.17. The van der Waals surface area contributed by atoms with Gasteiger partial charge in [-0.05, 0) is 38.5 Å². The van der Waals surface area contributed by atoms with Crippen molar-refractivity contribution < 1.29 is 4.79 Å². The second kappa shape index (κ2) is 7.74. The number of piperidine rings is 1. The van der Waals surface area contributed by atoms with Crippen LogP contribution in [0, 0.1) is 12.8 Å². The van der Waals surface area contributed by atoms with Gasteiger partial charge in [-0.15, -0.1) is 11.3 Å². The Kier molecular flexibility index (Phi) is 5.35. The quantitative estimate of drug-likeness (QED) is 0.755. The normalized spacial score (nSPS) is 20.9. The minimum absolute atomic E-state index is 0.152. The van der Waals surface area contributed by atoms with E-state index in [0.29, 0.717) is 11.8 Å². The molecule has 146 valence electrons. The molecule has 1 saturated carbocycles. The number of likely N-dealkylation sites (tertiary alicyclic amines) is 1. The lowest BCUT2D eigenvalue weighted by Crippen LogP contribution is -2.39. The van der Waals surface area contributed by atoms with E-state index in [-0.39, 0.29) is 5.91 Å². The Bertz CT molecular complexity index is 805. The molecule has 0 aromatic carbocycles. The average molecular weight is 387 g/mol. The monoisotopic (exact) mass is 386 g/mol. The van der Waals surface area contributed by atoms with Crippen LogP contribution in [0.5, 0.6) is 0 Å². The molecule has 1 aliphatic carbocycles. The summed E-state index contributed by atoms with van der Waals surface area (Å²) in [5, 5.41) is 1.06. The zero-order valence-electron chi connectivity index (χ0n) is 16.6. The highest BCUT2D eigenvalue weighted by atomic mass is 32.1. The molecule has 2 aromatic rings. The maximum absolute atomic E-state index is 13.2. The van der Waals surface area contributed by atoms with Crippen LogP contribution in [0.3, 0.4) is 0 Å². The van der Waals surface area contributed by atoms with Crippen LogP contribution >= 0.6 is 11.3 Å². The Morgan fingerprint density at radius 2 is 2.11 bits per heavy atom. The summed E-state index contributed by atoms with van der Waals surface area (Å²) >= 11 is 1.57. The molecule has 3 heterocycles. The number of hydrogen-bond acceptors (Lipinski definition) is 4. The zero-order chi connectivity index (χ0) is 19.0. The average Bonchev–Trinajstić information content (AvgIpc) is 3.24. The highest BCUT2D eigenvalue weighted by molar-refractivity contribution is 7.13. The van der Waals surface area contributed by atoms with Crippen LogP contribution in [0.2, 0.25) is 0 Å². The molecular formula is C21H30N4OS. The van der Waals surface area contributed by atoms with Crippen molar-refractivity contribution in [3.8, 4) is 0 Å². The van der Waals surface area contributed by atoms with E-state index in [2.05, 4.69) is 34.6 Å². The topological polar surface area (TPSA) is 51.0 Å². The summed E-state index contributed by atoms with van der Waals surface area (Å²) in [4.78, 5) is 25.3. The fraction of sp³-hybridized carbons (Fsp3) is 0.667. The molecule has 1 saturated heterocycles. The van der Waals surface area contributed by atoms with Crippen LogP contribution < -0.4 is 0 Å². The third kappa shape index (κ3) is 3.82. The molecule has 2 aliphatic rings. The number of nitrogens with zero attached hydrogens (tertiary/aromatic N) is 4. The summed E-state index contributed by atoms with van der Waals surface area (Å²) in [6, 6.07) is 0. The van der Waals surface area contributed by atoms with Crippen molar-refractivity contribution in [3.63, 3.8) is 0 Å². The zero-order valence-corrected chi connectivity index (χ0v) is 17.5. The molecule has 6 heteroatoms. The fourth-order valence-corrected chi connectivity index (χ4v) is 5.20. The van der Waals surface area contributed by atoms with Gasteiger partial charge in [-0.3, -0.25) is 4.79 Å². The van der Waals surface area contributed by atoms with E-state index in [9.17, 15) is 4.79 Å². The summed E-state index contributed by atoms with van der Waals surface area (Å²) in [6.07, 6.45) is 10.3. The Labute approximate surface area is 165 Å². The third-order valence-corrected chi connectivity index (χ3v) is 7.45. The van der Waals surface area contributed by atoms with Crippen molar-refractivity contribution in [2.24, 2.45) is 5.92 Å². The number of imidazole rings is 1. The summed E-state index contributed by atoms with van der Waals surface area (Å²) in [5.74, 6) is 2.84. The molecule has 0 radical (unpaired) electrons. The molecule has 1 atom stereocenters. The third-order valence-electron chi connectivity index (χ3n) is 6.00. The highest BCUT2D eigenvalue weighted by Gasteiger charge is 2.30. The first-order chi connectivity index (χ1) is 13.0. The molecule has 2 aromatic heterocycles. The summed E-state index contributed by atoms with van der Waals surface area (Å²) in [6.45, 7) is 8.92. The minimum atomic E-state index is 0.152. The van der Waals surface area contributed by atoms with Gasteiger partial charge in [0.05, 0.1) is 10.7 Å². The predicted octanol–water partition coefficient (Wildman–Crippen LogP) is 4.59. The number of amides is 1. The molecule has 1 aliphatic heterocycles. The molecule has 2 fully saturated rings. The Hall–Kier alpha value is -1.69. The highest BCUT2D eigenvalue weighted by Crippen LogP contribution is 2.32. The van der Waals surface area contributed by atoms with Gasteiger partial charge in [-0.2, -0.15) is 0 Å². The lowest BCUT2D eigenvalue weighted by atomic mass is 9.85. The van der Waals surface area contributed by atoms with Crippen molar-refractivity contribution in [2.45, 2.75) is 71.3 Å². The molecule has 0 unspecified atom stereocenters. The SMILES string of the molecule is Cc1nc(C(C)C)sc1C(=O)N1CCC[C@@H](c2nccn2CC2CCC2)C1. The van der Waals surface area contributed by atoms with Crippen LogP contribution in [0.4, 0.5) is 0 Å². The van der Waals surface area contributed by atoms with E-state index in [1.807, 2.05) is 18.0 Å². The van der Waals surface area contributed by atoms with Crippen molar-refractivity contribution in [3.05, 3.63) is 33.8 Å². The number of carbonyl (C=O) groups excluding carboxylic acids is 1. The Balaban J connectivity index is 1.48. The van der Waals surface area contributed by atoms with Gasteiger partial charge in [0.15, 0.2) is 0 Å². The van der Waals surface area contributed by atoms with Gasteiger partial charge in [0.2, 0.25) is 0 Å². The van der Waals surface area contributed by atoms with Crippen molar-refractivity contribution in [1.82, 2.24) is 19.4 Å². The number of aryl methyl sites for hydroxylation is 1. The second-order valence-corrected chi connectivity index (χ2v) is 9.48. The maximum Gasteiger partial charge on any atom is 0.265 e. The molecule has 1 amide bonds. The van der Waals surface area contributed by atoms with E-state index in [1.54, 1.807) is 11.3 Å². The van der Waals surface area contributed by atoms with E-state index >= 15 is 0 Å². The Morgan fingerprint density at radius 3 is 2.78 bits per heavy atom. The van der Waals surface area contributed by atoms with Crippen LogP contribution in [0.25, 0.3) is 0 Å². The van der Waals surface area contributed by atoms with E-state index in [4.69, 9.17) is 0 Å². The van der Waals surface area contributed by atoms with E-state index < -0.39 is 0 Å². The van der Waals surface area contributed by atoms with Gasteiger partial charge in [-0.1, -0.05) is 20.3 Å². The molecule has 0 N–H and O–H groups in total. The van der Waals surface area contributed by atoms with Crippen LogP contribution in [-0.2, 0) is 6.54 Å². The molecule has 0 spiro atoms. The first-order valence-corrected chi connectivity index (χ1v) is 11.1. The van der Waals surface area contributed by atoms with Crippen molar-refractivity contribution >= 4 is 17.2 Å². The minimum Gasteiger partial charge on any atom is -0.337 e. The lowest BCUT2D eigenvalue weighted by molar-refractivity contribution is 0.0706. The second-order valence-electron chi connectivity index (χ2n) is 8.45. The molecule has 0 bridgehead atoms. The summed E-state index contributed by atoms with van der Waals surface area (Å²) < 4.78 is 2.34. The standard InChI is InChI=1S/C21H30N4OS/c1-14(2)20-23-15(3)18(27-20)21(26)25-10-5-8-17(13-25)19-22-9-11-24(19)12-16-6-4-7-16/h9,11,14,16-17H,4-8,10,12-13H2,1-3H3/t17-/m1/s1. The predicted molar refractivity (Wildman–Crippen MR) is 108 cm³/mol. The van der Waals surface area contributed by atoms with Gasteiger partial charge >= 0.3 is 0 Å². The van der Waals surface area contributed by atoms with E-state index in [0.717, 1.165) is 54.0 Å². The van der Waals surface area contributed by atoms with Gasteiger partial charge in [0.25, 0.3) is 5.91 Å². The lowest BCUT2D eigenvalue weighted by Gasteiger charge is -2.33. The van der Waals surface area contributed by atoms with Crippen LogP contribution in [0.15, 0.2) is 12.4 Å². The largest absolute Gasteiger partial charge is 0.337 e.